The normalized spacial score (nSPS) is 16.3. The number of esters is 1. The predicted molar refractivity (Wildman–Crippen MR) is 120 cm³/mol. The fraction of sp³-hybridized carbons (Fsp3) is 0.476. The Labute approximate surface area is 191 Å². The standard InChI is InChI=1S/C21H30N6O6/c1-21(2,3)12-32-16(28)8-10-24-20(31)25-15-9-11-27(18(15)29)14-6-4-13(5-7-14)17(22)26-33-19(23)30/h4-7,15H,8-12H2,1-3H3,(H2,22,26)(H2,23,30)(H2,24,25,31). The van der Waals surface area contributed by atoms with Crippen LogP contribution in [-0.2, 0) is 19.2 Å². The highest BCUT2D eigenvalue weighted by Crippen LogP contribution is 2.22. The monoisotopic (exact) mass is 462 g/mol. The van der Waals surface area contributed by atoms with Gasteiger partial charge < -0.3 is 31.7 Å². The number of carbonyl (C=O) groups is 4. The van der Waals surface area contributed by atoms with E-state index in [1.54, 1.807) is 24.3 Å². The van der Waals surface area contributed by atoms with Crippen LogP contribution in [0.4, 0.5) is 15.3 Å². The minimum Gasteiger partial charge on any atom is -0.465 e. The number of amides is 4. The van der Waals surface area contributed by atoms with Crippen molar-refractivity contribution in [1.29, 1.82) is 0 Å². The maximum absolute atomic E-state index is 12.7. The number of benzene rings is 1. The molecule has 0 saturated carbocycles. The first kappa shape index (κ1) is 25.4. The van der Waals surface area contributed by atoms with Crippen molar-refractivity contribution in [3.63, 3.8) is 0 Å². The molecule has 1 aromatic rings. The van der Waals surface area contributed by atoms with Crippen molar-refractivity contribution in [1.82, 2.24) is 10.6 Å². The molecule has 0 spiro atoms. The van der Waals surface area contributed by atoms with Crippen molar-refractivity contribution in [2.75, 3.05) is 24.6 Å². The van der Waals surface area contributed by atoms with Crippen LogP contribution in [0, 0.1) is 5.41 Å². The van der Waals surface area contributed by atoms with E-state index >= 15 is 0 Å². The number of amidine groups is 1. The molecule has 6 N–H and O–H groups in total. The van der Waals surface area contributed by atoms with Crippen molar-refractivity contribution >= 4 is 35.5 Å². The van der Waals surface area contributed by atoms with Crippen LogP contribution < -0.4 is 27.0 Å². The number of nitrogens with one attached hydrogen (secondary N) is 2. The number of primary amides is 1. The Morgan fingerprint density at radius 2 is 1.85 bits per heavy atom. The molecule has 1 saturated heterocycles. The molecule has 4 amide bonds. The number of anilines is 1. The lowest BCUT2D eigenvalue weighted by Gasteiger charge is -2.18. The second-order valence-electron chi connectivity index (χ2n) is 8.64. The molecule has 2 rings (SSSR count). The van der Waals surface area contributed by atoms with E-state index in [0.29, 0.717) is 30.8 Å². The molecule has 1 aromatic carbocycles. The summed E-state index contributed by atoms with van der Waals surface area (Å²) in [7, 11) is 0. The molecule has 1 unspecified atom stereocenters. The summed E-state index contributed by atoms with van der Waals surface area (Å²) in [6.07, 6.45) is -0.616. The molecule has 0 radical (unpaired) electrons. The molecular weight excluding hydrogens is 432 g/mol. The summed E-state index contributed by atoms with van der Waals surface area (Å²) in [4.78, 5) is 52.9. The zero-order chi connectivity index (χ0) is 24.6. The molecule has 1 fully saturated rings. The van der Waals surface area contributed by atoms with E-state index < -0.39 is 24.1 Å². The minimum atomic E-state index is -1.08. The summed E-state index contributed by atoms with van der Waals surface area (Å²) >= 11 is 0. The number of hydrogen-bond donors (Lipinski definition) is 4. The van der Waals surface area contributed by atoms with Crippen molar-refractivity contribution in [3.05, 3.63) is 29.8 Å². The lowest BCUT2D eigenvalue weighted by atomic mass is 9.99. The van der Waals surface area contributed by atoms with Gasteiger partial charge in [-0.25, -0.2) is 9.59 Å². The topological polar surface area (TPSA) is 178 Å². The summed E-state index contributed by atoms with van der Waals surface area (Å²) in [5, 5.41) is 8.57. The third-order valence-electron chi connectivity index (χ3n) is 4.50. The average molecular weight is 463 g/mol. The SMILES string of the molecule is CC(C)(C)COC(=O)CCNC(=O)NC1CCN(c2ccc(C(N)=NOC(N)=O)cc2)C1=O. The number of carbonyl (C=O) groups excluding carboxylic acids is 4. The Bertz CT molecular complexity index is 909. The number of ether oxygens (including phenoxy) is 1. The van der Waals surface area contributed by atoms with Crippen molar-refractivity contribution in [3.8, 4) is 0 Å². The molecule has 33 heavy (non-hydrogen) atoms. The Kier molecular flexibility index (Phi) is 8.60. The number of hydrogen-bond acceptors (Lipinski definition) is 7. The fourth-order valence-corrected chi connectivity index (χ4v) is 2.89. The highest BCUT2D eigenvalue weighted by molar-refractivity contribution is 6.02. The molecule has 12 nitrogen and oxygen atoms in total. The van der Waals surface area contributed by atoms with Crippen molar-refractivity contribution < 1.29 is 28.8 Å². The van der Waals surface area contributed by atoms with Crippen LogP contribution in [0.2, 0.25) is 0 Å². The average Bonchev–Trinajstić information content (AvgIpc) is 3.10. The second kappa shape index (κ2) is 11.2. The van der Waals surface area contributed by atoms with Crippen LogP contribution in [0.3, 0.4) is 0 Å². The van der Waals surface area contributed by atoms with Gasteiger partial charge in [-0.15, -0.1) is 0 Å². The molecule has 0 aromatic heterocycles. The van der Waals surface area contributed by atoms with Gasteiger partial charge in [-0.05, 0) is 36.1 Å². The fourth-order valence-electron chi connectivity index (χ4n) is 2.89. The molecule has 1 aliphatic rings. The van der Waals surface area contributed by atoms with Gasteiger partial charge >= 0.3 is 18.1 Å². The predicted octanol–water partition coefficient (Wildman–Crippen LogP) is 0.786. The molecule has 1 aliphatic heterocycles. The van der Waals surface area contributed by atoms with Gasteiger partial charge in [0.05, 0.1) is 13.0 Å². The first-order valence-electron chi connectivity index (χ1n) is 10.4. The smallest absolute Gasteiger partial charge is 0.430 e. The van der Waals surface area contributed by atoms with Crippen LogP contribution >= 0.6 is 0 Å². The Morgan fingerprint density at radius 3 is 2.45 bits per heavy atom. The second-order valence-corrected chi connectivity index (χ2v) is 8.64. The molecule has 1 heterocycles. The van der Waals surface area contributed by atoms with Crippen LogP contribution in [0.1, 0.15) is 39.2 Å². The van der Waals surface area contributed by atoms with Crippen LogP contribution in [0.25, 0.3) is 0 Å². The number of rotatable bonds is 8. The highest BCUT2D eigenvalue weighted by atomic mass is 16.7. The van der Waals surface area contributed by atoms with E-state index in [0.717, 1.165) is 0 Å². The van der Waals surface area contributed by atoms with E-state index in [2.05, 4.69) is 20.6 Å². The highest BCUT2D eigenvalue weighted by Gasteiger charge is 2.33. The van der Waals surface area contributed by atoms with Crippen molar-refractivity contribution in [2.24, 2.45) is 22.0 Å². The number of nitrogens with zero attached hydrogens (tertiary/aromatic N) is 2. The van der Waals surface area contributed by atoms with Gasteiger partial charge in [0.15, 0.2) is 5.84 Å². The molecule has 1 atom stereocenters. The summed E-state index contributed by atoms with van der Waals surface area (Å²) < 4.78 is 5.13. The first-order chi connectivity index (χ1) is 15.5. The molecule has 0 aliphatic carbocycles. The van der Waals surface area contributed by atoms with Gasteiger partial charge in [-0.2, -0.15) is 0 Å². The number of oxime groups is 1. The molecule has 180 valence electrons. The van der Waals surface area contributed by atoms with Crippen LogP contribution in [0.15, 0.2) is 29.4 Å². The molecule has 12 heteroatoms. The van der Waals surface area contributed by atoms with Crippen molar-refractivity contribution in [2.45, 2.75) is 39.7 Å². The Hall–Kier alpha value is -3.83. The van der Waals surface area contributed by atoms with Gasteiger partial charge in [0, 0.05) is 24.3 Å². The van der Waals surface area contributed by atoms with E-state index in [-0.39, 0.29) is 30.1 Å². The van der Waals surface area contributed by atoms with E-state index in [9.17, 15) is 19.2 Å². The van der Waals surface area contributed by atoms with E-state index in [1.807, 2.05) is 20.8 Å². The minimum absolute atomic E-state index is 0.0392. The lowest BCUT2D eigenvalue weighted by Crippen LogP contribution is -2.46. The van der Waals surface area contributed by atoms with Crippen LogP contribution in [0.5, 0.6) is 0 Å². The number of nitrogens with two attached hydrogens (primary N) is 2. The van der Waals surface area contributed by atoms with Gasteiger partial charge in [0.2, 0.25) is 5.91 Å². The summed E-state index contributed by atoms with van der Waals surface area (Å²) in [5.41, 5.74) is 11.5. The Balaban J connectivity index is 1.81. The van der Waals surface area contributed by atoms with Gasteiger partial charge in [-0.3, -0.25) is 14.4 Å². The van der Waals surface area contributed by atoms with E-state index in [4.69, 9.17) is 16.2 Å². The Morgan fingerprint density at radius 1 is 1.18 bits per heavy atom. The lowest BCUT2D eigenvalue weighted by molar-refractivity contribution is -0.146. The van der Waals surface area contributed by atoms with Crippen LogP contribution in [-0.4, -0.2) is 55.6 Å². The maximum atomic E-state index is 12.7. The zero-order valence-corrected chi connectivity index (χ0v) is 18.9. The zero-order valence-electron chi connectivity index (χ0n) is 18.9. The first-order valence-corrected chi connectivity index (χ1v) is 10.4. The van der Waals surface area contributed by atoms with Gasteiger partial charge in [0.1, 0.15) is 6.04 Å². The largest absolute Gasteiger partial charge is 0.465 e. The summed E-state index contributed by atoms with van der Waals surface area (Å²) in [6, 6.07) is 5.31. The maximum Gasteiger partial charge on any atom is 0.430 e. The molecular formula is C21H30N6O6. The molecule has 0 bridgehead atoms. The number of urea groups is 1. The summed E-state index contributed by atoms with van der Waals surface area (Å²) in [6.45, 7) is 6.67. The quantitative estimate of drug-likeness (QED) is 0.145. The third kappa shape index (κ3) is 8.31. The van der Waals surface area contributed by atoms with Gasteiger partial charge in [0.25, 0.3) is 0 Å². The van der Waals surface area contributed by atoms with Gasteiger partial charge in [-0.1, -0.05) is 25.9 Å². The third-order valence-corrected chi connectivity index (χ3v) is 4.50. The van der Waals surface area contributed by atoms with E-state index in [1.165, 1.54) is 4.90 Å². The summed E-state index contributed by atoms with van der Waals surface area (Å²) in [5.74, 6) is -0.712.